The average Bonchev–Trinajstić information content (AvgIpc) is 2.54. The molecule has 3 heteroatoms. The fourth-order valence-corrected chi connectivity index (χ4v) is 2.65. The van der Waals surface area contributed by atoms with Crippen LogP contribution in [0.2, 0.25) is 0 Å². The summed E-state index contributed by atoms with van der Waals surface area (Å²) in [5.41, 5.74) is 0.577. The first-order chi connectivity index (χ1) is 10.1. The lowest BCUT2D eigenvalue weighted by Crippen LogP contribution is -2.03. The number of phenolic OH excluding ortho intramolecular Hbond substituents is 1. The van der Waals surface area contributed by atoms with Gasteiger partial charge in [0, 0.05) is 10.9 Å². The summed E-state index contributed by atoms with van der Waals surface area (Å²) in [5.74, 6) is -0.495. The molecule has 21 heavy (non-hydrogen) atoms. The van der Waals surface area contributed by atoms with Gasteiger partial charge in [-0.05, 0) is 16.2 Å². The average molecular weight is 278 g/mol. The summed E-state index contributed by atoms with van der Waals surface area (Å²) in [7, 11) is 1.30. The van der Waals surface area contributed by atoms with Crippen molar-refractivity contribution in [3.63, 3.8) is 0 Å². The Bertz CT molecular complexity index is 878. The van der Waals surface area contributed by atoms with Crippen LogP contribution in [-0.2, 0) is 9.53 Å². The molecule has 3 aromatic rings. The van der Waals surface area contributed by atoms with Gasteiger partial charge in [-0.2, -0.15) is 0 Å². The second kappa shape index (κ2) is 4.94. The molecule has 3 nitrogen and oxygen atoms in total. The van der Waals surface area contributed by atoms with E-state index in [0.29, 0.717) is 10.9 Å². The number of carbonyl (C=O) groups excluding carboxylic acids is 1. The van der Waals surface area contributed by atoms with Crippen LogP contribution in [0.1, 0.15) is 5.56 Å². The van der Waals surface area contributed by atoms with Gasteiger partial charge in [-0.15, -0.1) is 0 Å². The molecule has 0 fully saturated rings. The van der Waals surface area contributed by atoms with Crippen LogP contribution in [-0.4, -0.2) is 18.2 Å². The van der Waals surface area contributed by atoms with Crippen LogP contribution in [0.4, 0.5) is 0 Å². The summed E-state index contributed by atoms with van der Waals surface area (Å²) in [4.78, 5) is 11.8. The molecule has 0 bridgehead atoms. The highest BCUT2D eigenvalue weighted by Gasteiger charge is 2.20. The number of aromatic hydroxyl groups is 1. The molecule has 0 saturated carbocycles. The van der Waals surface area contributed by atoms with Gasteiger partial charge >= 0.3 is 5.97 Å². The first-order valence-electron chi connectivity index (χ1n) is 6.55. The fraction of sp³-hybridized carbons (Fsp3) is 0.0556. The lowest BCUT2D eigenvalue weighted by Gasteiger charge is -2.14. The van der Waals surface area contributed by atoms with Gasteiger partial charge in [0.2, 0.25) is 0 Å². The van der Waals surface area contributed by atoms with Crippen LogP contribution >= 0.6 is 0 Å². The molecule has 3 rings (SSSR count). The molecule has 0 aliphatic carbocycles. The van der Waals surface area contributed by atoms with Crippen molar-refractivity contribution in [2.24, 2.45) is 0 Å². The van der Waals surface area contributed by atoms with Gasteiger partial charge in [-0.25, -0.2) is 4.79 Å². The molecular weight excluding hydrogens is 264 g/mol. The Hall–Kier alpha value is -2.81. The highest BCUT2D eigenvalue weighted by atomic mass is 16.5. The highest BCUT2D eigenvalue weighted by Crippen LogP contribution is 2.40. The number of carbonyl (C=O) groups is 1. The van der Waals surface area contributed by atoms with Gasteiger partial charge in [0.15, 0.2) is 0 Å². The van der Waals surface area contributed by atoms with Gasteiger partial charge in [0.05, 0.1) is 12.7 Å². The molecule has 0 amide bonds. The normalized spacial score (nSPS) is 10.7. The first-order valence-corrected chi connectivity index (χ1v) is 6.55. The van der Waals surface area contributed by atoms with E-state index < -0.39 is 5.97 Å². The van der Waals surface area contributed by atoms with E-state index in [2.05, 4.69) is 6.58 Å². The SMILES string of the molecule is C=C(C(=O)OC)c1c(O)c2ccccc2c2ccccc12. The lowest BCUT2D eigenvalue weighted by molar-refractivity contribution is -0.133. The number of ether oxygens (including phenoxy) is 1. The Morgan fingerprint density at radius 1 is 0.952 bits per heavy atom. The van der Waals surface area contributed by atoms with Crippen molar-refractivity contribution < 1.29 is 14.6 Å². The topological polar surface area (TPSA) is 46.5 Å². The smallest absolute Gasteiger partial charge is 0.338 e. The molecule has 0 aromatic heterocycles. The van der Waals surface area contributed by atoms with E-state index in [4.69, 9.17) is 4.74 Å². The number of benzene rings is 3. The van der Waals surface area contributed by atoms with Crippen LogP contribution in [0.15, 0.2) is 55.1 Å². The van der Waals surface area contributed by atoms with Crippen molar-refractivity contribution in [2.45, 2.75) is 0 Å². The van der Waals surface area contributed by atoms with Crippen LogP contribution in [0, 0.1) is 0 Å². The molecule has 0 aliphatic rings. The third kappa shape index (κ3) is 1.94. The zero-order chi connectivity index (χ0) is 15.0. The number of hydrogen-bond donors (Lipinski definition) is 1. The van der Waals surface area contributed by atoms with E-state index in [9.17, 15) is 9.90 Å². The van der Waals surface area contributed by atoms with E-state index >= 15 is 0 Å². The van der Waals surface area contributed by atoms with Gasteiger partial charge in [-0.1, -0.05) is 55.1 Å². The maximum absolute atomic E-state index is 11.8. The summed E-state index contributed by atoms with van der Waals surface area (Å²) in [6, 6.07) is 15.2. The summed E-state index contributed by atoms with van der Waals surface area (Å²) >= 11 is 0. The zero-order valence-electron chi connectivity index (χ0n) is 11.6. The minimum atomic E-state index is -0.550. The molecule has 0 unspecified atom stereocenters. The summed E-state index contributed by atoms with van der Waals surface area (Å²) in [6.45, 7) is 3.78. The van der Waals surface area contributed by atoms with Crippen molar-refractivity contribution in [3.8, 4) is 5.75 Å². The summed E-state index contributed by atoms with van der Waals surface area (Å²) in [6.07, 6.45) is 0. The van der Waals surface area contributed by atoms with Gasteiger partial charge < -0.3 is 9.84 Å². The molecular formula is C18H14O3. The maximum atomic E-state index is 11.8. The standard InChI is InChI=1S/C18H14O3/c1-11(18(20)21-2)16-14-9-5-3-7-12(14)13-8-4-6-10-15(13)17(16)19/h3-10,19H,1H2,2H3. The van der Waals surface area contributed by atoms with Crippen LogP contribution in [0.3, 0.4) is 0 Å². The van der Waals surface area contributed by atoms with Gasteiger partial charge in [0.1, 0.15) is 5.75 Å². The van der Waals surface area contributed by atoms with Crippen LogP contribution < -0.4 is 0 Å². The second-order valence-corrected chi connectivity index (χ2v) is 4.78. The third-order valence-electron chi connectivity index (χ3n) is 3.64. The molecule has 104 valence electrons. The quantitative estimate of drug-likeness (QED) is 0.439. The minimum absolute atomic E-state index is 0.0553. The molecule has 0 atom stereocenters. The third-order valence-corrected chi connectivity index (χ3v) is 3.64. The Labute approximate surface area is 122 Å². The molecule has 0 spiro atoms. The van der Waals surface area contributed by atoms with E-state index in [1.807, 2.05) is 48.5 Å². The van der Waals surface area contributed by atoms with E-state index in [1.165, 1.54) is 7.11 Å². The molecule has 0 saturated heterocycles. The number of hydrogen-bond acceptors (Lipinski definition) is 3. The Kier molecular flexibility index (Phi) is 3.10. The van der Waals surface area contributed by atoms with E-state index in [-0.39, 0.29) is 11.3 Å². The van der Waals surface area contributed by atoms with Crippen LogP contribution in [0.25, 0.3) is 27.1 Å². The predicted octanol–water partition coefficient (Wildman–Crippen LogP) is 3.88. The van der Waals surface area contributed by atoms with Crippen molar-refractivity contribution in [2.75, 3.05) is 7.11 Å². The molecule has 0 heterocycles. The predicted molar refractivity (Wildman–Crippen MR) is 84.2 cm³/mol. The second-order valence-electron chi connectivity index (χ2n) is 4.78. The minimum Gasteiger partial charge on any atom is -0.507 e. The number of fused-ring (bicyclic) bond motifs is 3. The molecule has 3 aromatic carbocycles. The number of rotatable bonds is 2. The van der Waals surface area contributed by atoms with Gasteiger partial charge in [-0.3, -0.25) is 0 Å². The number of esters is 1. The Morgan fingerprint density at radius 2 is 1.43 bits per heavy atom. The Balaban J connectivity index is 2.49. The molecule has 0 aliphatic heterocycles. The molecule has 1 N–H and O–H groups in total. The molecule has 0 radical (unpaired) electrons. The number of methoxy groups -OCH3 is 1. The first kappa shape index (κ1) is 13.2. The van der Waals surface area contributed by atoms with Crippen molar-refractivity contribution in [3.05, 3.63) is 60.7 Å². The zero-order valence-corrected chi connectivity index (χ0v) is 11.6. The number of phenols is 1. The van der Waals surface area contributed by atoms with Gasteiger partial charge in [0.25, 0.3) is 0 Å². The van der Waals surface area contributed by atoms with Crippen molar-refractivity contribution in [1.82, 2.24) is 0 Å². The fourth-order valence-electron chi connectivity index (χ4n) is 2.65. The summed E-state index contributed by atoms with van der Waals surface area (Å²) < 4.78 is 4.73. The van der Waals surface area contributed by atoms with Crippen molar-refractivity contribution >= 4 is 33.1 Å². The highest BCUT2D eigenvalue weighted by molar-refractivity contribution is 6.25. The largest absolute Gasteiger partial charge is 0.507 e. The van der Waals surface area contributed by atoms with E-state index in [0.717, 1.165) is 16.2 Å². The Morgan fingerprint density at radius 3 is 2.00 bits per heavy atom. The lowest BCUT2D eigenvalue weighted by atomic mass is 9.92. The van der Waals surface area contributed by atoms with E-state index in [1.54, 1.807) is 0 Å². The summed E-state index contributed by atoms with van der Waals surface area (Å²) in [5, 5.41) is 14.0. The monoisotopic (exact) mass is 278 g/mol. The van der Waals surface area contributed by atoms with Crippen molar-refractivity contribution in [1.29, 1.82) is 0 Å². The maximum Gasteiger partial charge on any atom is 0.338 e. The van der Waals surface area contributed by atoms with Crippen LogP contribution in [0.5, 0.6) is 5.75 Å².